The molecular formula is C25H21N5OS. The van der Waals surface area contributed by atoms with Crippen LogP contribution in [-0.4, -0.2) is 26.4 Å². The minimum Gasteiger partial charge on any atom is -0.325 e. The largest absolute Gasteiger partial charge is 0.325 e. The summed E-state index contributed by atoms with van der Waals surface area (Å²) in [5, 5.41) is 21.1. The van der Waals surface area contributed by atoms with Crippen LogP contribution in [-0.2, 0) is 17.6 Å². The number of nitriles is 1. The molecule has 3 aromatic carbocycles. The van der Waals surface area contributed by atoms with Gasteiger partial charge in [-0.2, -0.15) is 5.26 Å². The number of para-hydroxylation sites is 1. The van der Waals surface area contributed by atoms with Gasteiger partial charge in [-0.3, -0.25) is 9.36 Å². The summed E-state index contributed by atoms with van der Waals surface area (Å²) in [5.74, 6) is 0.893. The van der Waals surface area contributed by atoms with E-state index in [1.165, 1.54) is 11.8 Å². The van der Waals surface area contributed by atoms with Crippen molar-refractivity contribution < 1.29 is 4.79 Å². The van der Waals surface area contributed by atoms with E-state index in [2.05, 4.69) is 33.7 Å². The Morgan fingerprint density at radius 1 is 0.906 bits per heavy atom. The number of benzene rings is 3. The van der Waals surface area contributed by atoms with E-state index >= 15 is 0 Å². The van der Waals surface area contributed by atoms with Gasteiger partial charge >= 0.3 is 0 Å². The second kappa shape index (κ2) is 10.4. The van der Waals surface area contributed by atoms with Crippen LogP contribution in [0.5, 0.6) is 0 Å². The molecule has 4 aromatic rings. The van der Waals surface area contributed by atoms with Crippen LogP contribution in [0.3, 0.4) is 0 Å². The van der Waals surface area contributed by atoms with Crippen molar-refractivity contribution in [3.8, 4) is 11.8 Å². The number of carbonyl (C=O) groups is 1. The van der Waals surface area contributed by atoms with Crippen molar-refractivity contribution in [3.63, 3.8) is 0 Å². The molecule has 1 amide bonds. The second-order valence-electron chi connectivity index (χ2n) is 7.10. The molecule has 0 radical (unpaired) electrons. The summed E-state index contributed by atoms with van der Waals surface area (Å²) in [6.45, 7) is 0. The van der Waals surface area contributed by atoms with Gasteiger partial charge in [0.05, 0.1) is 18.2 Å². The van der Waals surface area contributed by atoms with Crippen molar-refractivity contribution >= 4 is 23.4 Å². The fraction of sp³-hybridized carbons (Fsp3) is 0.120. The van der Waals surface area contributed by atoms with E-state index < -0.39 is 0 Å². The number of nitrogens with zero attached hydrogens (tertiary/aromatic N) is 4. The molecule has 6 nitrogen and oxygen atoms in total. The summed E-state index contributed by atoms with van der Waals surface area (Å²) in [4.78, 5) is 12.5. The van der Waals surface area contributed by atoms with Crippen LogP contribution in [0, 0.1) is 11.3 Å². The van der Waals surface area contributed by atoms with Crippen molar-refractivity contribution in [1.29, 1.82) is 5.26 Å². The number of carbonyl (C=O) groups excluding carboxylic acids is 1. The molecule has 7 heteroatoms. The lowest BCUT2D eigenvalue weighted by atomic mass is 10.1. The van der Waals surface area contributed by atoms with E-state index in [-0.39, 0.29) is 11.7 Å². The van der Waals surface area contributed by atoms with E-state index in [4.69, 9.17) is 5.26 Å². The molecule has 0 fully saturated rings. The molecule has 0 saturated carbocycles. The number of anilines is 1. The average Bonchev–Trinajstić information content (AvgIpc) is 3.23. The van der Waals surface area contributed by atoms with E-state index in [0.717, 1.165) is 22.6 Å². The van der Waals surface area contributed by atoms with Crippen molar-refractivity contribution in [2.24, 2.45) is 0 Å². The summed E-state index contributed by atoms with van der Waals surface area (Å²) in [7, 11) is 0. The van der Waals surface area contributed by atoms with Gasteiger partial charge in [-0.25, -0.2) is 0 Å². The lowest BCUT2D eigenvalue weighted by Gasteiger charge is -2.10. The van der Waals surface area contributed by atoms with Gasteiger partial charge in [0.25, 0.3) is 0 Å². The van der Waals surface area contributed by atoms with Gasteiger partial charge < -0.3 is 5.32 Å². The Bertz CT molecular complexity index is 1210. The Balaban J connectivity index is 1.48. The van der Waals surface area contributed by atoms with Gasteiger partial charge in [-0.15, -0.1) is 10.2 Å². The number of aromatic nitrogens is 3. The monoisotopic (exact) mass is 439 g/mol. The number of thioether (sulfide) groups is 1. The molecular weight excluding hydrogens is 418 g/mol. The van der Waals surface area contributed by atoms with Crippen molar-refractivity contribution in [1.82, 2.24) is 14.8 Å². The number of nitrogens with one attached hydrogen (secondary N) is 1. The van der Waals surface area contributed by atoms with E-state index in [1.54, 1.807) is 12.1 Å². The van der Waals surface area contributed by atoms with Crippen LogP contribution in [0.2, 0.25) is 0 Å². The van der Waals surface area contributed by atoms with Gasteiger partial charge in [0, 0.05) is 17.8 Å². The highest BCUT2D eigenvalue weighted by molar-refractivity contribution is 7.99. The molecule has 158 valence electrons. The first kappa shape index (κ1) is 21.3. The molecule has 0 spiro atoms. The molecule has 1 N–H and O–H groups in total. The number of hydrogen-bond donors (Lipinski definition) is 1. The highest BCUT2D eigenvalue weighted by Crippen LogP contribution is 2.24. The third-order valence-electron chi connectivity index (χ3n) is 4.77. The zero-order valence-corrected chi connectivity index (χ0v) is 18.1. The summed E-state index contributed by atoms with van der Waals surface area (Å²) in [6.07, 6.45) is 0.995. The Morgan fingerprint density at radius 2 is 1.59 bits per heavy atom. The predicted octanol–water partition coefficient (Wildman–Crippen LogP) is 4.65. The zero-order chi connectivity index (χ0) is 22.2. The van der Waals surface area contributed by atoms with Crippen LogP contribution in [0.15, 0.2) is 90.1 Å². The first-order chi connectivity index (χ1) is 15.7. The molecule has 0 saturated heterocycles. The Hall–Kier alpha value is -3.89. The highest BCUT2D eigenvalue weighted by atomic mass is 32.2. The highest BCUT2D eigenvalue weighted by Gasteiger charge is 2.16. The molecule has 0 bridgehead atoms. The molecule has 32 heavy (non-hydrogen) atoms. The normalized spacial score (nSPS) is 10.5. The lowest BCUT2D eigenvalue weighted by Crippen LogP contribution is -2.14. The maximum atomic E-state index is 12.5. The number of amides is 1. The minimum absolute atomic E-state index is 0.129. The number of hydrogen-bond acceptors (Lipinski definition) is 5. The van der Waals surface area contributed by atoms with Gasteiger partial charge in [0.15, 0.2) is 5.16 Å². The van der Waals surface area contributed by atoms with Crippen LogP contribution in [0.1, 0.15) is 17.0 Å². The molecule has 4 rings (SSSR count). The Kier molecular flexibility index (Phi) is 6.95. The van der Waals surface area contributed by atoms with Gasteiger partial charge in [0.2, 0.25) is 5.91 Å². The fourth-order valence-electron chi connectivity index (χ4n) is 3.25. The summed E-state index contributed by atoms with van der Waals surface area (Å²) in [5.41, 5.74) is 3.72. The van der Waals surface area contributed by atoms with E-state index in [9.17, 15) is 4.79 Å². The second-order valence-corrected chi connectivity index (χ2v) is 8.04. The van der Waals surface area contributed by atoms with Crippen LogP contribution in [0.25, 0.3) is 5.69 Å². The van der Waals surface area contributed by atoms with E-state index in [0.29, 0.717) is 23.7 Å². The molecule has 0 aliphatic heterocycles. The maximum Gasteiger partial charge on any atom is 0.234 e. The van der Waals surface area contributed by atoms with Gasteiger partial charge in [-0.05, 0) is 35.4 Å². The molecule has 1 aromatic heterocycles. The van der Waals surface area contributed by atoms with Gasteiger partial charge in [0.1, 0.15) is 5.82 Å². The number of rotatable bonds is 8. The predicted molar refractivity (Wildman–Crippen MR) is 126 cm³/mol. The SMILES string of the molecule is N#CCc1ccc(NC(=O)CSc2nnc(Cc3ccccc3)n2-c2ccccc2)cc1. The third-order valence-corrected chi connectivity index (χ3v) is 5.70. The Labute approximate surface area is 190 Å². The smallest absolute Gasteiger partial charge is 0.234 e. The standard InChI is InChI=1S/C25H21N5OS/c26-16-15-19-11-13-21(14-12-19)27-24(31)18-32-25-29-28-23(17-20-7-3-1-4-8-20)30(25)22-9-5-2-6-10-22/h1-14H,15,17-18H2,(H,27,31). The topological polar surface area (TPSA) is 83.6 Å². The van der Waals surface area contributed by atoms with E-state index in [1.807, 2.05) is 65.2 Å². The Morgan fingerprint density at radius 3 is 2.28 bits per heavy atom. The fourth-order valence-corrected chi connectivity index (χ4v) is 4.02. The minimum atomic E-state index is -0.129. The third kappa shape index (κ3) is 5.42. The summed E-state index contributed by atoms with van der Waals surface area (Å²) in [6, 6.07) is 29.4. The molecule has 0 unspecified atom stereocenters. The van der Waals surface area contributed by atoms with Crippen LogP contribution in [0.4, 0.5) is 5.69 Å². The molecule has 0 aliphatic rings. The lowest BCUT2D eigenvalue weighted by molar-refractivity contribution is -0.113. The molecule has 1 heterocycles. The quantitative estimate of drug-likeness (QED) is 0.404. The summed E-state index contributed by atoms with van der Waals surface area (Å²) < 4.78 is 2.00. The van der Waals surface area contributed by atoms with Crippen molar-refractivity contribution in [2.75, 3.05) is 11.1 Å². The molecule has 0 atom stereocenters. The maximum absolute atomic E-state index is 12.5. The van der Waals surface area contributed by atoms with Gasteiger partial charge in [-0.1, -0.05) is 72.4 Å². The van der Waals surface area contributed by atoms with Crippen molar-refractivity contribution in [3.05, 3.63) is 102 Å². The van der Waals surface area contributed by atoms with Crippen molar-refractivity contribution in [2.45, 2.75) is 18.0 Å². The first-order valence-electron chi connectivity index (χ1n) is 10.1. The summed E-state index contributed by atoms with van der Waals surface area (Å²) >= 11 is 1.35. The molecule has 0 aliphatic carbocycles. The first-order valence-corrected chi connectivity index (χ1v) is 11.1. The van der Waals surface area contributed by atoms with Crippen LogP contribution < -0.4 is 5.32 Å². The zero-order valence-electron chi connectivity index (χ0n) is 17.3. The average molecular weight is 440 g/mol. The van der Waals surface area contributed by atoms with Crippen LogP contribution >= 0.6 is 11.8 Å².